The van der Waals surface area contributed by atoms with Gasteiger partial charge < -0.3 is 19.9 Å². The van der Waals surface area contributed by atoms with Gasteiger partial charge >= 0.3 is 12.0 Å². The lowest BCUT2D eigenvalue weighted by atomic mass is 10.0. The van der Waals surface area contributed by atoms with Crippen molar-refractivity contribution in [2.24, 2.45) is 13.0 Å². The largest absolute Gasteiger partial charge is 0.481 e. The van der Waals surface area contributed by atoms with Crippen LogP contribution in [0.3, 0.4) is 0 Å². The molecule has 2 N–H and O–H groups in total. The lowest BCUT2D eigenvalue weighted by Gasteiger charge is -2.23. The predicted octanol–water partition coefficient (Wildman–Crippen LogP) is -0.138. The van der Waals surface area contributed by atoms with Gasteiger partial charge in [0.15, 0.2) is 0 Å². The van der Waals surface area contributed by atoms with Crippen LogP contribution in [0.4, 0.5) is 4.79 Å². The third kappa shape index (κ3) is 2.89. The number of carbonyl (C=O) groups excluding carboxylic acids is 1. The third-order valence-corrected chi connectivity index (χ3v) is 3.76. The Morgan fingerprint density at radius 1 is 1.55 bits per heavy atom. The number of aliphatic carboxylic acids is 1. The summed E-state index contributed by atoms with van der Waals surface area (Å²) in [5.41, 5.74) is 0. The maximum atomic E-state index is 12.0. The molecule has 1 aliphatic heterocycles. The Morgan fingerprint density at radius 3 is 2.85 bits per heavy atom. The molecule has 1 aromatic heterocycles. The smallest absolute Gasteiger partial charge is 0.317 e. The van der Waals surface area contributed by atoms with Crippen LogP contribution in [-0.4, -0.2) is 55.9 Å². The molecule has 1 aliphatic rings. The van der Waals surface area contributed by atoms with Gasteiger partial charge in [-0.15, -0.1) is 10.2 Å². The monoisotopic (exact) mass is 281 g/mol. The van der Waals surface area contributed by atoms with E-state index in [1.54, 1.807) is 22.7 Å². The molecule has 8 heteroatoms. The van der Waals surface area contributed by atoms with Gasteiger partial charge in [0, 0.05) is 32.6 Å². The van der Waals surface area contributed by atoms with Gasteiger partial charge in [0.2, 0.25) is 0 Å². The lowest BCUT2D eigenvalue weighted by Crippen LogP contribution is -2.44. The number of urea groups is 1. The fraction of sp³-hybridized carbons (Fsp3) is 0.667. The molecule has 2 rings (SSSR count). The average molecular weight is 281 g/mol. The molecule has 0 saturated carbocycles. The molecular formula is C12H19N5O3. The maximum Gasteiger partial charge on any atom is 0.317 e. The minimum Gasteiger partial charge on any atom is -0.481 e. The molecule has 0 radical (unpaired) electrons. The number of rotatable bonds is 4. The van der Waals surface area contributed by atoms with Crippen molar-refractivity contribution in [3.8, 4) is 0 Å². The van der Waals surface area contributed by atoms with Gasteiger partial charge in [0.1, 0.15) is 12.2 Å². The fourth-order valence-corrected chi connectivity index (χ4v) is 2.47. The van der Waals surface area contributed by atoms with E-state index in [0.717, 1.165) is 5.82 Å². The Hall–Kier alpha value is -2.12. The lowest BCUT2D eigenvalue weighted by molar-refractivity contribution is -0.142. The second kappa shape index (κ2) is 5.89. The molecule has 8 nitrogen and oxygen atoms in total. The molecule has 2 heterocycles. The first-order chi connectivity index (χ1) is 9.50. The predicted molar refractivity (Wildman–Crippen MR) is 70.0 cm³/mol. The quantitative estimate of drug-likeness (QED) is 0.800. The molecular weight excluding hydrogens is 262 g/mol. The summed E-state index contributed by atoms with van der Waals surface area (Å²) in [6.07, 6.45) is 2.71. The van der Waals surface area contributed by atoms with Gasteiger partial charge in [-0.25, -0.2) is 4.79 Å². The van der Waals surface area contributed by atoms with Crippen LogP contribution in [0.1, 0.15) is 19.2 Å². The second-order valence-electron chi connectivity index (χ2n) is 5.01. The first-order valence-corrected chi connectivity index (χ1v) is 6.61. The van der Waals surface area contributed by atoms with Gasteiger partial charge in [-0.3, -0.25) is 4.79 Å². The van der Waals surface area contributed by atoms with Crippen molar-refractivity contribution < 1.29 is 14.7 Å². The van der Waals surface area contributed by atoms with E-state index < -0.39 is 11.9 Å². The first kappa shape index (κ1) is 14.3. The van der Waals surface area contributed by atoms with E-state index in [0.29, 0.717) is 25.9 Å². The molecule has 0 aromatic carbocycles. The normalized spacial score (nSPS) is 22.0. The molecule has 2 atom stereocenters. The van der Waals surface area contributed by atoms with E-state index in [-0.39, 0.29) is 12.1 Å². The third-order valence-electron chi connectivity index (χ3n) is 3.76. The van der Waals surface area contributed by atoms with E-state index in [9.17, 15) is 9.59 Å². The minimum absolute atomic E-state index is 0.219. The second-order valence-corrected chi connectivity index (χ2v) is 5.01. The van der Waals surface area contributed by atoms with Crippen LogP contribution >= 0.6 is 0 Å². The Bertz CT molecular complexity index is 501. The molecule has 1 aromatic rings. The van der Waals surface area contributed by atoms with Crippen LogP contribution in [-0.2, 0) is 18.3 Å². The SMILES string of the molecule is CC1C(C(=O)O)CCN1C(=O)NCCc1nncn1C. The van der Waals surface area contributed by atoms with Gasteiger partial charge in [-0.2, -0.15) is 0 Å². The number of hydrogen-bond donors (Lipinski definition) is 2. The van der Waals surface area contributed by atoms with Crippen molar-refractivity contribution in [3.63, 3.8) is 0 Å². The van der Waals surface area contributed by atoms with Crippen molar-refractivity contribution in [2.75, 3.05) is 13.1 Å². The number of carbonyl (C=O) groups is 2. The van der Waals surface area contributed by atoms with Crippen LogP contribution in [0.2, 0.25) is 0 Å². The summed E-state index contributed by atoms with van der Waals surface area (Å²) in [4.78, 5) is 24.6. The van der Waals surface area contributed by atoms with Crippen molar-refractivity contribution in [1.29, 1.82) is 0 Å². The highest BCUT2D eigenvalue weighted by atomic mass is 16.4. The first-order valence-electron chi connectivity index (χ1n) is 6.61. The number of aromatic nitrogens is 3. The molecule has 2 amide bonds. The zero-order valence-corrected chi connectivity index (χ0v) is 11.6. The number of amides is 2. The number of nitrogens with one attached hydrogen (secondary N) is 1. The summed E-state index contributed by atoms with van der Waals surface area (Å²) in [6, 6.07) is -0.495. The number of carboxylic acid groups (broad SMARTS) is 1. The van der Waals surface area contributed by atoms with Gasteiger partial charge in [-0.1, -0.05) is 0 Å². The summed E-state index contributed by atoms with van der Waals surface area (Å²) in [7, 11) is 1.84. The topological polar surface area (TPSA) is 100 Å². The van der Waals surface area contributed by atoms with E-state index in [2.05, 4.69) is 15.5 Å². The zero-order valence-electron chi connectivity index (χ0n) is 11.6. The molecule has 1 saturated heterocycles. The molecule has 2 unspecified atom stereocenters. The van der Waals surface area contributed by atoms with Crippen molar-refractivity contribution >= 4 is 12.0 Å². The standard InChI is InChI=1S/C12H19N5O3/c1-8-9(11(18)19)4-6-17(8)12(20)13-5-3-10-15-14-7-16(10)2/h7-9H,3-6H2,1-2H3,(H,13,20)(H,18,19). The molecule has 0 bridgehead atoms. The van der Waals surface area contributed by atoms with E-state index in [1.807, 2.05) is 7.05 Å². The number of aryl methyl sites for hydroxylation is 1. The number of likely N-dealkylation sites (tertiary alicyclic amines) is 1. The number of nitrogens with zero attached hydrogens (tertiary/aromatic N) is 4. The summed E-state index contributed by atoms with van der Waals surface area (Å²) in [6.45, 7) is 2.70. The van der Waals surface area contributed by atoms with Crippen molar-refractivity contribution in [1.82, 2.24) is 25.0 Å². The molecule has 20 heavy (non-hydrogen) atoms. The molecule has 0 spiro atoms. The number of carboxylic acids is 1. The van der Waals surface area contributed by atoms with Gasteiger partial charge in [0.25, 0.3) is 0 Å². The Morgan fingerprint density at radius 2 is 2.30 bits per heavy atom. The summed E-state index contributed by atoms with van der Waals surface area (Å²) in [5, 5.41) is 19.5. The average Bonchev–Trinajstić information content (AvgIpc) is 2.96. The maximum absolute atomic E-state index is 12.0. The van der Waals surface area contributed by atoms with Crippen molar-refractivity contribution in [3.05, 3.63) is 12.2 Å². The van der Waals surface area contributed by atoms with Gasteiger partial charge in [0.05, 0.1) is 5.92 Å². The number of hydrogen-bond acceptors (Lipinski definition) is 4. The zero-order chi connectivity index (χ0) is 14.7. The minimum atomic E-state index is -0.841. The highest BCUT2D eigenvalue weighted by molar-refractivity contribution is 5.78. The van der Waals surface area contributed by atoms with Crippen molar-refractivity contribution in [2.45, 2.75) is 25.8 Å². The Labute approximate surface area is 116 Å². The van der Waals surface area contributed by atoms with E-state index in [4.69, 9.17) is 5.11 Å². The van der Waals surface area contributed by atoms with Crippen LogP contribution in [0.5, 0.6) is 0 Å². The highest BCUT2D eigenvalue weighted by Crippen LogP contribution is 2.24. The molecule has 110 valence electrons. The highest BCUT2D eigenvalue weighted by Gasteiger charge is 2.37. The molecule has 0 aliphatic carbocycles. The van der Waals surface area contributed by atoms with Crippen LogP contribution < -0.4 is 5.32 Å². The molecule has 1 fully saturated rings. The summed E-state index contributed by atoms with van der Waals surface area (Å²) in [5.74, 6) is -0.519. The fourth-order valence-electron chi connectivity index (χ4n) is 2.47. The Balaban J connectivity index is 1.81. The summed E-state index contributed by atoms with van der Waals surface area (Å²) >= 11 is 0. The van der Waals surface area contributed by atoms with Crippen LogP contribution in [0.25, 0.3) is 0 Å². The summed E-state index contributed by atoms with van der Waals surface area (Å²) < 4.78 is 1.80. The van der Waals surface area contributed by atoms with Gasteiger partial charge in [-0.05, 0) is 13.3 Å². The van der Waals surface area contributed by atoms with Crippen LogP contribution in [0.15, 0.2) is 6.33 Å². The Kier molecular flexibility index (Phi) is 4.21. The van der Waals surface area contributed by atoms with E-state index in [1.165, 1.54) is 0 Å². The van der Waals surface area contributed by atoms with Crippen LogP contribution in [0, 0.1) is 5.92 Å². The van der Waals surface area contributed by atoms with E-state index >= 15 is 0 Å².